The van der Waals surface area contributed by atoms with Crippen molar-refractivity contribution >= 4 is 5.91 Å². The summed E-state index contributed by atoms with van der Waals surface area (Å²) in [7, 11) is 0. The second-order valence-corrected chi connectivity index (χ2v) is 6.35. The third-order valence-electron chi connectivity index (χ3n) is 4.75. The molecule has 0 N–H and O–H groups in total. The molecule has 3 heterocycles. The molecule has 2 saturated heterocycles. The number of amides is 1. The molecule has 1 amide bonds. The summed E-state index contributed by atoms with van der Waals surface area (Å²) in [6.45, 7) is 11.9. The Morgan fingerprint density at radius 1 is 1.04 bits per heavy atom. The number of carbonyl (C=O) groups excluding carboxylic acids is 1. The first-order chi connectivity index (χ1) is 11.1. The van der Waals surface area contributed by atoms with Gasteiger partial charge in [0.2, 0.25) is 5.91 Å². The molecule has 128 valence electrons. The lowest BCUT2D eigenvalue weighted by molar-refractivity contribution is -0.136. The van der Waals surface area contributed by atoms with Gasteiger partial charge in [0, 0.05) is 51.4 Å². The first kappa shape index (κ1) is 16.4. The van der Waals surface area contributed by atoms with Crippen LogP contribution < -0.4 is 0 Å². The summed E-state index contributed by atoms with van der Waals surface area (Å²) in [5.41, 5.74) is 2.18. The van der Waals surface area contributed by atoms with Crippen molar-refractivity contribution in [3.63, 3.8) is 0 Å². The molecule has 23 heavy (non-hydrogen) atoms. The number of rotatable bonds is 4. The molecule has 2 aliphatic rings. The SMILES string of the molecule is Cc1noc(C)c1CN1CCN(CC(=O)N2CCOCC2)CC1. The van der Waals surface area contributed by atoms with Gasteiger partial charge in [0.1, 0.15) is 5.76 Å². The monoisotopic (exact) mass is 322 g/mol. The maximum atomic E-state index is 12.3. The van der Waals surface area contributed by atoms with Gasteiger partial charge in [-0.25, -0.2) is 0 Å². The van der Waals surface area contributed by atoms with Gasteiger partial charge in [-0.15, -0.1) is 0 Å². The number of piperazine rings is 1. The van der Waals surface area contributed by atoms with E-state index < -0.39 is 0 Å². The largest absolute Gasteiger partial charge is 0.378 e. The van der Waals surface area contributed by atoms with E-state index in [2.05, 4.69) is 15.0 Å². The number of aryl methyl sites for hydroxylation is 2. The topological polar surface area (TPSA) is 62.1 Å². The standard InChI is InChI=1S/C16H26N4O3/c1-13-15(14(2)23-17-13)11-18-3-5-19(6-4-18)12-16(21)20-7-9-22-10-8-20/h3-12H2,1-2H3. The summed E-state index contributed by atoms with van der Waals surface area (Å²) in [5, 5.41) is 4.02. The van der Waals surface area contributed by atoms with Crippen LogP contribution in [0.15, 0.2) is 4.52 Å². The van der Waals surface area contributed by atoms with Gasteiger partial charge in [0.05, 0.1) is 25.5 Å². The van der Waals surface area contributed by atoms with Crippen LogP contribution >= 0.6 is 0 Å². The summed E-state index contributed by atoms with van der Waals surface area (Å²) in [4.78, 5) is 18.9. The number of nitrogens with zero attached hydrogens (tertiary/aromatic N) is 4. The molecule has 0 unspecified atom stereocenters. The van der Waals surface area contributed by atoms with Crippen LogP contribution in [0.1, 0.15) is 17.0 Å². The predicted octanol–water partition coefficient (Wildman–Crippen LogP) is 0.268. The first-order valence-corrected chi connectivity index (χ1v) is 8.35. The Morgan fingerprint density at radius 2 is 1.70 bits per heavy atom. The van der Waals surface area contributed by atoms with Crippen LogP contribution in [0.2, 0.25) is 0 Å². The normalized spacial score (nSPS) is 20.9. The highest BCUT2D eigenvalue weighted by Crippen LogP contribution is 2.16. The molecule has 2 fully saturated rings. The summed E-state index contributed by atoms with van der Waals surface area (Å²) >= 11 is 0. The lowest BCUT2D eigenvalue weighted by atomic mass is 10.2. The molecule has 7 nitrogen and oxygen atoms in total. The number of ether oxygens (including phenoxy) is 1. The molecule has 0 atom stereocenters. The van der Waals surface area contributed by atoms with Crippen LogP contribution in [0.5, 0.6) is 0 Å². The molecule has 0 aliphatic carbocycles. The third kappa shape index (κ3) is 4.10. The highest BCUT2D eigenvalue weighted by Gasteiger charge is 2.24. The smallest absolute Gasteiger partial charge is 0.236 e. The highest BCUT2D eigenvalue weighted by atomic mass is 16.5. The maximum absolute atomic E-state index is 12.3. The lowest BCUT2D eigenvalue weighted by Gasteiger charge is -2.36. The quantitative estimate of drug-likeness (QED) is 0.793. The molecular formula is C16H26N4O3. The summed E-state index contributed by atoms with van der Waals surface area (Å²) in [6.07, 6.45) is 0. The zero-order chi connectivity index (χ0) is 16.2. The Balaban J connectivity index is 1.44. The lowest BCUT2D eigenvalue weighted by Crippen LogP contribution is -2.51. The highest BCUT2D eigenvalue weighted by molar-refractivity contribution is 5.78. The molecule has 0 radical (unpaired) electrons. The summed E-state index contributed by atoms with van der Waals surface area (Å²) in [5.74, 6) is 1.14. The molecule has 2 aliphatic heterocycles. The van der Waals surface area contributed by atoms with Crippen molar-refractivity contribution in [1.82, 2.24) is 19.9 Å². The number of hydrogen-bond acceptors (Lipinski definition) is 6. The van der Waals surface area contributed by atoms with Crippen LogP contribution in [-0.2, 0) is 16.1 Å². The number of aromatic nitrogens is 1. The van der Waals surface area contributed by atoms with Crippen LogP contribution in [0.25, 0.3) is 0 Å². The molecule has 0 spiro atoms. The van der Waals surface area contributed by atoms with Crippen molar-refractivity contribution < 1.29 is 14.1 Å². The minimum atomic E-state index is 0.229. The van der Waals surface area contributed by atoms with Gasteiger partial charge < -0.3 is 14.2 Å². The van der Waals surface area contributed by atoms with Crippen molar-refractivity contribution in [1.29, 1.82) is 0 Å². The average molecular weight is 322 g/mol. The fourth-order valence-electron chi connectivity index (χ4n) is 3.16. The Hall–Kier alpha value is -1.44. The van der Waals surface area contributed by atoms with Crippen LogP contribution in [0.4, 0.5) is 0 Å². The fraction of sp³-hybridized carbons (Fsp3) is 0.750. The molecule has 3 rings (SSSR count). The van der Waals surface area contributed by atoms with E-state index in [1.54, 1.807) is 0 Å². The van der Waals surface area contributed by atoms with Gasteiger partial charge in [-0.2, -0.15) is 0 Å². The Kier molecular flexibility index (Phi) is 5.30. The van der Waals surface area contributed by atoms with Gasteiger partial charge >= 0.3 is 0 Å². The van der Waals surface area contributed by atoms with Gasteiger partial charge in [-0.3, -0.25) is 14.6 Å². The van der Waals surface area contributed by atoms with E-state index in [0.29, 0.717) is 19.8 Å². The minimum Gasteiger partial charge on any atom is -0.378 e. The van der Waals surface area contributed by atoms with Crippen LogP contribution in [0.3, 0.4) is 0 Å². The first-order valence-electron chi connectivity index (χ1n) is 8.35. The molecule has 0 aromatic carbocycles. The van der Waals surface area contributed by atoms with Crippen LogP contribution in [-0.4, -0.2) is 84.8 Å². The maximum Gasteiger partial charge on any atom is 0.236 e. The number of carbonyl (C=O) groups is 1. The molecule has 1 aromatic rings. The van der Waals surface area contributed by atoms with Crippen molar-refractivity contribution in [2.24, 2.45) is 0 Å². The number of morpholine rings is 1. The van der Waals surface area contributed by atoms with E-state index in [9.17, 15) is 4.79 Å². The third-order valence-corrected chi connectivity index (χ3v) is 4.75. The zero-order valence-electron chi connectivity index (χ0n) is 14.1. The molecular weight excluding hydrogens is 296 g/mol. The van der Waals surface area contributed by atoms with E-state index in [-0.39, 0.29) is 5.91 Å². The summed E-state index contributed by atoms with van der Waals surface area (Å²) in [6, 6.07) is 0. The van der Waals surface area contributed by atoms with Crippen LogP contribution in [0, 0.1) is 13.8 Å². The summed E-state index contributed by atoms with van der Waals surface area (Å²) < 4.78 is 10.5. The van der Waals surface area contributed by atoms with Gasteiger partial charge in [0.25, 0.3) is 0 Å². The van der Waals surface area contributed by atoms with Gasteiger partial charge in [0.15, 0.2) is 0 Å². The van der Waals surface area contributed by atoms with Crippen molar-refractivity contribution in [3.05, 3.63) is 17.0 Å². The zero-order valence-corrected chi connectivity index (χ0v) is 14.1. The van der Waals surface area contributed by atoms with Crippen molar-refractivity contribution in [2.45, 2.75) is 20.4 Å². The number of hydrogen-bond donors (Lipinski definition) is 0. The Labute approximate surface area is 137 Å². The molecule has 0 saturated carbocycles. The Morgan fingerprint density at radius 3 is 2.30 bits per heavy atom. The second-order valence-electron chi connectivity index (χ2n) is 6.35. The average Bonchev–Trinajstić information content (AvgIpc) is 2.89. The predicted molar refractivity (Wildman–Crippen MR) is 85.1 cm³/mol. The van der Waals surface area contributed by atoms with E-state index in [1.165, 1.54) is 5.56 Å². The van der Waals surface area contributed by atoms with E-state index in [1.807, 2.05) is 18.7 Å². The van der Waals surface area contributed by atoms with Gasteiger partial charge in [-0.05, 0) is 13.8 Å². The van der Waals surface area contributed by atoms with Crippen molar-refractivity contribution in [3.8, 4) is 0 Å². The molecule has 1 aromatic heterocycles. The Bertz CT molecular complexity index is 512. The van der Waals surface area contributed by atoms with E-state index in [4.69, 9.17) is 9.26 Å². The van der Waals surface area contributed by atoms with Gasteiger partial charge in [-0.1, -0.05) is 5.16 Å². The molecule has 0 bridgehead atoms. The second kappa shape index (κ2) is 7.42. The van der Waals surface area contributed by atoms with Crippen molar-refractivity contribution in [2.75, 3.05) is 59.0 Å². The fourth-order valence-corrected chi connectivity index (χ4v) is 3.16. The molecule has 7 heteroatoms. The van der Waals surface area contributed by atoms with E-state index >= 15 is 0 Å². The van der Waals surface area contributed by atoms with E-state index in [0.717, 1.165) is 57.3 Å². The minimum absolute atomic E-state index is 0.229.